The van der Waals surface area contributed by atoms with Gasteiger partial charge in [0, 0.05) is 11.9 Å². The lowest BCUT2D eigenvalue weighted by molar-refractivity contribution is -0.122. The first kappa shape index (κ1) is 21.3. The van der Waals surface area contributed by atoms with E-state index in [2.05, 4.69) is 15.0 Å². The zero-order valence-electron chi connectivity index (χ0n) is 16.7. The maximum atomic E-state index is 12.6. The quantitative estimate of drug-likeness (QED) is 0.569. The molecule has 0 aliphatic heterocycles. The first-order valence-electron chi connectivity index (χ1n) is 9.46. The van der Waals surface area contributed by atoms with Crippen LogP contribution in [0.2, 0.25) is 0 Å². The molecule has 3 aromatic rings. The minimum Gasteiger partial charge on any atom is -0.480 e. The highest BCUT2D eigenvalue weighted by Gasteiger charge is 2.20. The molecule has 7 nitrogen and oxygen atoms in total. The van der Waals surface area contributed by atoms with Gasteiger partial charge in [-0.15, -0.1) is 0 Å². The van der Waals surface area contributed by atoms with Crippen LogP contribution in [0.5, 0.6) is 5.75 Å². The maximum absolute atomic E-state index is 12.6. The Morgan fingerprint density at radius 3 is 2.37 bits per heavy atom. The SMILES string of the molecule is CC[C@H](Oc1ccccc1C)C(=O)Nc1ccc(S(=O)(=O)Nc2ccccn2)cc1. The number of sulfonamides is 1. The smallest absolute Gasteiger partial charge is 0.265 e. The third kappa shape index (κ3) is 5.36. The van der Waals surface area contributed by atoms with Crippen LogP contribution in [0.3, 0.4) is 0 Å². The molecule has 2 N–H and O–H groups in total. The third-order valence-corrected chi connectivity index (χ3v) is 5.73. The number of benzene rings is 2. The zero-order chi connectivity index (χ0) is 21.6. The fourth-order valence-electron chi connectivity index (χ4n) is 2.72. The second-order valence-corrected chi connectivity index (χ2v) is 8.30. The summed E-state index contributed by atoms with van der Waals surface area (Å²) >= 11 is 0. The summed E-state index contributed by atoms with van der Waals surface area (Å²) in [6.45, 7) is 3.78. The largest absolute Gasteiger partial charge is 0.480 e. The van der Waals surface area contributed by atoms with Gasteiger partial charge in [-0.3, -0.25) is 9.52 Å². The second kappa shape index (κ2) is 9.41. The molecule has 30 heavy (non-hydrogen) atoms. The van der Waals surface area contributed by atoms with Crippen LogP contribution in [0.1, 0.15) is 18.9 Å². The molecule has 1 atom stereocenters. The van der Waals surface area contributed by atoms with E-state index < -0.39 is 16.1 Å². The molecule has 0 radical (unpaired) electrons. The summed E-state index contributed by atoms with van der Waals surface area (Å²) in [6, 6.07) is 18.3. The van der Waals surface area contributed by atoms with Crippen LogP contribution in [0, 0.1) is 6.92 Å². The summed E-state index contributed by atoms with van der Waals surface area (Å²) in [7, 11) is -3.77. The first-order chi connectivity index (χ1) is 14.4. The molecule has 0 fully saturated rings. The molecular weight excluding hydrogens is 402 g/mol. The molecule has 8 heteroatoms. The molecule has 0 aliphatic rings. The van der Waals surface area contributed by atoms with E-state index in [9.17, 15) is 13.2 Å². The van der Waals surface area contributed by atoms with Crippen molar-refractivity contribution in [2.75, 3.05) is 10.0 Å². The Kier molecular flexibility index (Phi) is 6.68. The Bertz CT molecular complexity index is 1100. The van der Waals surface area contributed by atoms with Crippen LogP contribution in [0.4, 0.5) is 11.5 Å². The van der Waals surface area contributed by atoms with E-state index in [1.165, 1.54) is 30.5 Å². The second-order valence-electron chi connectivity index (χ2n) is 6.61. The summed E-state index contributed by atoms with van der Waals surface area (Å²) in [4.78, 5) is 16.6. The average Bonchev–Trinajstić information content (AvgIpc) is 2.74. The predicted octanol–water partition coefficient (Wildman–Crippen LogP) is 3.99. The van der Waals surface area contributed by atoms with Crippen LogP contribution < -0.4 is 14.8 Å². The highest BCUT2D eigenvalue weighted by atomic mass is 32.2. The van der Waals surface area contributed by atoms with Crippen molar-refractivity contribution in [1.29, 1.82) is 0 Å². The number of carbonyl (C=O) groups is 1. The van der Waals surface area contributed by atoms with Gasteiger partial charge in [0.25, 0.3) is 15.9 Å². The van der Waals surface area contributed by atoms with Crippen LogP contribution in [-0.2, 0) is 14.8 Å². The van der Waals surface area contributed by atoms with Crippen molar-refractivity contribution >= 4 is 27.4 Å². The fraction of sp³-hybridized carbons (Fsp3) is 0.182. The minimum absolute atomic E-state index is 0.0642. The van der Waals surface area contributed by atoms with Gasteiger partial charge in [0.15, 0.2) is 6.10 Å². The predicted molar refractivity (Wildman–Crippen MR) is 116 cm³/mol. The van der Waals surface area contributed by atoms with Gasteiger partial charge in [-0.05, 0) is 61.4 Å². The van der Waals surface area contributed by atoms with Gasteiger partial charge in [-0.25, -0.2) is 13.4 Å². The zero-order valence-corrected chi connectivity index (χ0v) is 17.5. The van der Waals surface area contributed by atoms with Crippen LogP contribution >= 0.6 is 0 Å². The molecule has 0 unspecified atom stereocenters. The maximum Gasteiger partial charge on any atom is 0.265 e. The van der Waals surface area contributed by atoms with Crippen LogP contribution in [0.25, 0.3) is 0 Å². The van der Waals surface area contributed by atoms with Gasteiger partial charge in [-0.2, -0.15) is 0 Å². The highest BCUT2D eigenvalue weighted by molar-refractivity contribution is 7.92. The number of para-hydroxylation sites is 1. The van der Waals surface area contributed by atoms with Crippen molar-refractivity contribution in [3.8, 4) is 5.75 Å². The molecule has 0 spiro atoms. The van der Waals surface area contributed by atoms with Crippen molar-refractivity contribution in [1.82, 2.24) is 4.98 Å². The number of aromatic nitrogens is 1. The summed E-state index contributed by atoms with van der Waals surface area (Å²) in [5.74, 6) is 0.582. The number of amides is 1. The van der Waals surface area contributed by atoms with E-state index >= 15 is 0 Å². The van der Waals surface area contributed by atoms with Gasteiger partial charge in [-0.1, -0.05) is 31.2 Å². The van der Waals surface area contributed by atoms with E-state index in [-0.39, 0.29) is 16.6 Å². The Morgan fingerprint density at radius 2 is 1.73 bits per heavy atom. The molecule has 1 heterocycles. The first-order valence-corrected chi connectivity index (χ1v) is 10.9. The monoisotopic (exact) mass is 425 g/mol. The molecule has 0 aliphatic carbocycles. The summed E-state index contributed by atoms with van der Waals surface area (Å²) in [5.41, 5.74) is 1.42. The molecule has 0 saturated carbocycles. The summed E-state index contributed by atoms with van der Waals surface area (Å²) < 4.78 is 33.2. The van der Waals surface area contributed by atoms with E-state index in [1.54, 1.807) is 18.2 Å². The average molecular weight is 426 g/mol. The van der Waals surface area contributed by atoms with Crippen molar-refractivity contribution in [3.63, 3.8) is 0 Å². The van der Waals surface area contributed by atoms with Crippen LogP contribution in [0.15, 0.2) is 77.8 Å². The highest BCUT2D eigenvalue weighted by Crippen LogP contribution is 2.21. The lowest BCUT2D eigenvalue weighted by Gasteiger charge is -2.18. The van der Waals surface area contributed by atoms with Crippen molar-refractivity contribution in [2.45, 2.75) is 31.3 Å². The number of hydrogen-bond acceptors (Lipinski definition) is 5. The molecule has 0 saturated heterocycles. The van der Waals surface area contributed by atoms with Gasteiger partial charge in [0.1, 0.15) is 11.6 Å². The normalized spacial score (nSPS) is 12.1. The summed E-state index contributed by atoms with van der Waals surface area (Å²) in [5, 5.41) is 2.77. The van der Waals surface area contributed by atoms with Crippen LogP contribution in [-0.4, -0.2) is 25.4 Å². The van der Waals surface area contributed by atoms with Crippen molar-refractivity contribution < 1.29 is 17.9 Å². The van der Waals surface area contributed by atoms with Gasteiger partial charge in [0.05, 0.1) is 4.90 Å². The lowest BCUT2D eigenvalue weighted by atomic mass is 10.2. The van der Waals surface area contributed by atoms with E-state index in [1.807, 2.05) is 38.1 Å². The molecule has 1 amide bonds. The fourth-order valence-corrected chi connectivity index (χ4v) is 3.73. The van der Waals surface area contributed by atoms with E-state index in [0.29, 0.717) is 17.9 Å². The summed E-state index contributed by atoms with van der Waals surface area (Å²) in [6.07, 6.45) is 1.32. The molecule has 3 rings (SSSR count). The number of pyridine rings is 1. The lowest BCUT2D eigenvalue weighted by Crippen LogP contribution is -2.32. The standard InChI is InChI=1S/C22H23N3O4S/c1-3-19(29-20-9-5-4-8-16(20)2)22(26)24-17-11-13-18(14-12-17)30(27,28)25-21-10-6-7-15-23-21/h4-15,19H,3H2,1-2H3,(H,23,25)(H,24,26)/t19-/m0/s1. The Morgan fingerprint density at radius 1 is 1.03 bits per heavy atom. The van der Waals surface area contributed by atoms with Crippen molar-refractivity contribution in [3.05, 3.63) is 78.5 Å². The molecular formula is C22H23N3O4S. The number of hydrogen-bond donors (Lipinski definition) is 2. The van der Waals surface area contributed by atoms with Gasteiger partial charge < -0.3 is 10.1 Å². The number of ether oxygens (including phenoxy) is 1. The molecule has 2 aromatic carbocycles. The Hall–Kier alpha value is -3.39. The third-order valence-electron chi connectivity index (χ3n) is 4.36. The number of rotatable bonds is 8. The van der Waals surface area contributed by atoms with E-state index in [0.717, 1.165) is 5.56 Å². The number of anilines is 2. The molecule has 156 valence electrons. The molecule has 0 bridgehead atoms. The Labute approximate surface area is 176 Å². The number of aryl methyl sites for hydroxylation is 1. The van der Waals surface area contributed by atoms with Crippen molar-refractivity contribution in [2.24, 2.45) is 0 Å². The minimum atomic E-state index is -3.77. The topological polar surface area (TPSA) is 97.4 Å². The Balaban J connectivity index is 1.67. The number of nitrogens with one attached hydrogen (secondary N) is 2. The number of nitrogens with zero attached hydrogens (tertiary/aromatic N) is 1. The number of carbonyl (C=O) groups excluding carboxylic acids is 1. The van der Waals surface area contributed by atoms with Gasteiger partial charge >= 0.3 is 0 Å². The van der Waals surface area contributed by atoms with Gasteiger partial charge in [0.2, 0.25) is 0 Å². The molecule has 1 aromatic heterocycles. The van der Waals surface area contributed by atoms with E-state index in [4.69, 9.17) is 4.74 Å².